The predicted octanol–water partition coefficient (Wildman–Crippen LogP) is 5.00. The third-order valence-corrected chi connectivity index (χ3v) is 11.1. The normalized spacial score (nSPS) is 11.4. The standard InChI is InChI=1S/2C21H21NO6S/c2*1-15-6-5-9-18(10-15)29(25,26)22-12-17-11-19(24)21(20(13-23)28-17)27-14-16-7-3-2-4-8-16/h2*2-11,22-23H,12-14H2,1H3. The highest BCUT2D eigenvalue weighted by molar-refractivity contribution is 7.89. The lowest BCUT2D eigenvalue weighted by Gasteiger charge is -2.11. The quantitative estimate of drug-likeness (QED) is 0.102. The van der Waals surface area contributed by atoms with Crippen molar-refractivity contribution in [2.24, 2.45) is 0 Å². The number of aryl methyl sites for hydroxylation is 2. The van der Waals surface area contributed by atoms with Gasteiger partial charge in [0.1, 0.15) is 37.9 Å². The van der Waals surface area contributed by atoms with Crippen LogP contribution in [-0.4, -0.2) is 27.0 Å². The second kappa shape index (κ2) is 20.0. The van der Waals surface area contributed by atoms with E-state index in [1.807, 2.05) is 60.7 Å². The number of sulfonamides is 2. The maximum Gasteiger partial charge on any atom is 0.240 e. The summed E-state index contributed by atoms with van der Waals surface area (Å²) in [7, 11) is -7.55. The molecule has 58 heavy (non-hydrogen) atoms. The number of hydrogen-bond donors (Lipinski definition) is 4. The van der Waals surface area contributed by atoms with Crippen LogP contribution in [0.1, 0.15) is 45.3 Å². The largest absolute Gasteiger partial charge is 0.482 e. The summed E-state index contributed by atoms with van der Waals surface area (Å²) in [6.45, 7) is 2.26. The van der Waals surface area contributed by atoms with Crippen LogP contribution in [0.3, 0.4) is 0 Å². The molecule has 2 aromatic heterocycles. The second-order valence-electron chi connectivity index (χ2n) is 12.8. The van der Waals surface area contributed by atoms with Gasteiger partial charge in [-0.1, -0.05) is 84.9 Å². The summed E-state index contributed by atoms with van der Waals surface area (Å²) in [5, 5.41) is 19.1. The van der Waals surface area contributed by atoms with Gasteiger partial charge in [0.25, 0.3) is 0 Å². The third-order valence-electron chi connectivity index (χ3n) is 8.26. The van der Waals surface area contributed by atoms with E-state index < -0.39 is 44.1 Å². The van der Waals surface area contributed by atoms with Crippen molar-refractivity contribution >= 4 is 20.0 Å². The molecular weight excluding hydrogens is 789 g/mol. The van der Waals surface area contributed by atoms with Crippen LogP contribution >= 0.6 is 0 Å². The highest BCUT2D eigenvalue weighted by Gasteiger charge is 2.19. The minimum absolute atomic E-state index is 0.0572. The highest BCUT2D eigenvalue weighted by Crippen LogP contribution is 2.20. The molecule has 0 aliphatic rings. The van der Waals surface area contributed by atoms with Gasteiger partial charge in [-0.15, -0.1) is 0 Å². The Kier molecular flexibility index (Phi) is 14.9. The van der Waals surface area contributed by atoms with Gasteiger partial charge in [0.2, 0.25) is 42.4 Å². The van der Waals surface area contributed by atoms with Crippen LogP contribution in [0, 0.1) is 13.8 Å². The first kappa shape index (κ1) is 43.2. The summed E-state index contributed by atoms with van der Waals surface area (Å²) < 4.78 is 76.5. The first-order chi connectivity index (χ1) is 27.8. The van der Waals surface area contributed by atoms with Crippen LogP contribution in [0.15, 0.2) is 150 Å². The number of hydrogen-bond acceptors (Lipinski definition) is 12. The number of aliphatic hydroxyl groups is 2. The molecule has 0 bridgehead atoms. The number of ether oxygens (including phenoxy) is 2. The zero-order valence-corrected chi connectivity index (χ0v) is 33.2. The van der Waals surface area contributed by atoms with Gasteiger partial charge in [-0.3, -0.25) is 9.59 Å². The SMILES string of the molecule is Cc1cccc(S(=O)(=O)NCc2cc(=O)c(OCc3ccccc3)c(CO)o2)c1.Cc1cccc(S(=O)(=O)NCc2cc(=O)c(OCc3ccccc3)c(CO)o2)c1. The summed E-state index contributed by atoms with van der Waals surface area (Å²) in [6, 6.07) is 33.7. The molecule has 6 rings (SSSR count). The molecule has 14 nitrogen and oxygen atoms in total. The zero-order valence-electron chi connectivity index (χ0n) is 31.6. The van der Waals surface area contributed by atoms with Crippen LogP contribution in [0.5, 0.6) is 11.5 Å². The fraction of sp³-hybridized carbons (Fsp3) is 0.190. The van der Waals surface area contributed by atoms with Crippen molar-refractivity contribution in [3.8, 4) is 11.5 Å². The number of aliphatic hydroxyl groups excluding tert-OH is 2. The van der Waals surface area contributed by atoms with Crippen molar-refractivity contribution in [2.45, 2.75) is 63.2 Å². The lowest BCUT2D eigenvalue weighted by Crippen LogP contribution is -2.24. The van der Waals surface area contributed by atoms with Crippen LogP contribution in [0.2, 0.25) is 0 Å². The molecule has 0 spiro atoms. The number of benzene rings is 4. The third kappa shape index (κ3) is 12.1. The molecule has 4 aromatic carbocycles. The Morgan fingerprint density at radius 3 is 1.26 bits per heavy atom. The van der Waals surface area contributed by atoms with E-state index in [0.717, 1.165) is 34.4 Å². The van der Waals surface area contributed by atoms with Crippen molar-refractivity contribution in [1.29, 1.82) is 0 Å². The molecule has 16 heteroatoms. The van der Waals surface area contributed by atoms with Crippen molar-refractivity contribution in [2.75, 3.05) is 0 Å². The summed E-state index contributed by atoms with van der Waals surface area (Å²) in [6.07, 6.45) is 0. The van der Waals surface area contributed by atoms with Crippen LogP contribution in [-0.2, 0) is 59.6 Å². The van der Waals surface area contributed by atoms with E-state index >= 15 is 0 Å². The Bertz CT molecular complexity index is 2460. The van der Waals surface area contributed by atoms with Gasteiger partial charge in [0.15, 0.2) is 11.5 Å². The van der Waals surface area contributed by atoms with E-state index in [1.165, 1.54) is 24.3 Å². The fourth-order valence-electron chi connectivity index (χ4n) is 5.38. The Morgan fingerprint density at radius 1 is 0.534 bits per heavy atom. The molecule has 0 radical (unpaired) electrons. The predicted molar refractivity (Wildman–Crippen MR) is 214 cm³/mol. The molecule has 0 fully saturated rings. The van der Waals surface area contributed by atoms with Crippen molar-refractivity contribution in [3.63, 3.8) is 0 Å². The van der Waals surface area contributed by atoms with E-state index in [2.05, 4.69) is 9.44 Å². The lowest BCUT2D eigenvalue weighted by molar-refractivity contribution is 0.213. The minimum Gasteiger partial charge on any atom is -0.482 e. The Morgan fingerprint density at radius 2 is 0.914 bits per heavy atom. The Hall–Kier alpha value is -5.88. The molecule has 0 saturated heterocycles. The Labute approximate surface area is 335 Å². The molecule has 0 saturated carbocycles. The molecule has 0 aliphatic carbocycles. The molecule has 6 aromatic rings. The highest BCUT2D eigenvalue weighted by atomic mass is 32.2. The average Bonchev–Trinajstić information content (AvgIpc) is 3.22. The Balaban J connectivity index is 0.000000221. The topological polar surface area (TPSA) is 212 Å². The van der Waals surface area contributed by atoms with Gasteiger partial charge < -0.3 is 28.5 Å². The maximum atomic E-state index is 12.4. The first-order valence-electron chi connectivity index (χ1n) is 17.8. The first-order valence-corrected chi connectivity index (χ1v) is 20.7. The average molecular weight is 831 g/mol. The summed E-state index contributed by atoms with van der Waals surface area (Å²) in [5.41, 5.74) is 2.32. The molecule has 0 amide bonds. The van der Waals surface area contributed by atoms with Crippen LogP contribution in [0.25, 0.3) is 0 Å². The van der Waals surface area contributed by atoms with Gasteiger partial charge in [0.05, 0.1) is 22.9 Å². The molecule has 0 aliphatic heterocycles. The van der Waals surface area contributed by atoms with Gasteiger partial charge in [0, 0.05) is 12.1 Å². The van der Waals surface area contributed by atoms with E-state index in [1.54, 1.807) is 38.1 Å². The summed E-state index contributed by atoms with van der Waals surface area (Å²) >= 11 is 0. The van der Waals surface area contributed by atoms with Crippen molar-refractivity contribution in [1.82, 2.24) is 9.44 Å². The monoisotopic (exact) mass is 830 g/mol. The van der Waals surface area contributed by atoms with Crippen LogP contribution in [0.4, 0.5) is 0 Å². The van der Waals surface area contributed by atoms with Gasteiger partial charge in [-0.05, 0) is 60.4 Å². The molecule has 4 N–H and O–H groups in total. The molecule has 0 unspecified atom stereocenters. The van der Waals surface area contributed by atoms with Crippen LogP contribution < -0.4 is 29.8 Å². The van der Waals surface area contributed by atoms with E-state index in [9.17, 15) is 36.6 Å². The maximum absolute atomic E-state index is 12.4. The van der Waals surface area contributed by atoms with E-state index in [0.29, 0.717) is 0 Å². The summed E-state index contributed by atoms with van der Waals surface area (Å²) in [4.78, 5) is 25.0. The molecule has 0 atom stereocenters. The molecule has 2 heterocycles. The fourth-order valence-corrected chi connectivity index (χ4v) is 7.57. The van der Waals surface area contributed by atoms with E-state index in [4.69, 9.17) is 18.3 Å². The number of rotatable bonds is 16. The van der Waals surface area contributed by atoms with Gasteiger partial charge >= 0.3 is 0 Å². The van der Waals surface area contributed by atoms with Gasteiger partial charge in [-0.2, -0.15) is 0 Å². The second-order valence-corrected chi connectivity index (χ2v) is 16.3. The zero-order chi connectivity index (χ0) is 41.7. The molecule has 304 valence electrons. The number of nitrogens with one attached hydrogen (secondary N) is 2. The van der Waals surface area contributed by atoms with Gasteiger partial charge in [-0.25, -0.2) is 26.3 Å². The van der Waals surface area contributed by atoms with Crippen molar-refractivity contribution in [3.05, 3.63) is 187 Å². The van der Waals surface area contributed by atoms with Crippen molar-refractivity contribution < 1.29 is 45.4 Å². The smallest absolute Gasteiger partial charge is 0.240 e. The minimum atomic E-state index is -3.78. The van der Waals surface area contributed by atoms with E-state index in [-0.39, 0.29) is 70.6 Å². The summed E-state index contributed by atoms with van der Waals surface area (Å²) in [5.74, 6) is -0.163. The molecular formula is C42H42N2O12S2. The lowest BCUT2D eigenvalue weighted by atomic mass is 10.2.